The maximum absolute atomic E-state index is 12.7. The van der Waals surface area contributed by atoms with Gasteiger partial charge in [0.2, 0.25) is 0 Å². The summed E-state index contributed by atoms with van der Waals surface area (Å²) in [6.45, 7) is 23.9. The smallest absolute Gasteiger partial charge is 0.504 e. The molecule has 0 radical (unpaired) electrons. The van der Waals surface area contributed by atoms with Gasteiger partial charge in [0, 0.05) is 11.1 Å². The van der Waals surface area contributed by atoms with Crippen molar-refractivity contribution in [1.29, 1.82) is 0 Å². The van der Waals surface area contributed by atoms with E-state index in [0.717, 1.165) is 25.7 Å². The molecule has 0 spiro atoms. The molecule has 0 aromatic heterocycles. The first kappa shape index (κ1) is 40.8. The molecule has 0 saturated carbocycles. The number of carbonyl (C=O) groups excluding carboxylic acids is 2. The number of aliphatic hydroxyl groups is 1. The lowest BCUT2D eigenvalue weighted by Gasteiger charge is -2.26. The average Bonchev–Trinajstić information content (AvgIpc) is 2.87. The van der Waals surface area contributed by atoms with Crippen LogP contribution in [0.2, 0.25) is 0 Å². The van der Waals surface area contributed by atoms with Gasteiger partial charge in [-0.05, 0) is 147 Å². The van der Waals surface area contributed by atoms with Crippen LogP contribution < -0.4 is 9.47 Å². The summed E-state index contributed by atoms with van der Waals surface area (Å²) in [5.74, 6) is -0.336. The Bertz CT molecular complexity index is 1280. The Morgan fingerprint density at radius 3 is 1.59 bits per heavy atom. The van der Waals surface area contributed by atoms with Crippen molar-refractivity contribution in [2.75, 3.05) is 0 Å². The zero-order valence-electron chi connectivity index (χ0n) is 30.7. The van der Waals surface area contributed by atoms with Gasteiger partial charge in [0.1, 0.15) is 17.0 Å². The van der Waals surface area contributed by atoms with Crippen LogP contribution in [0.1, 0.15) is 138 Å². The standard InChI is InChI=1S/C38H60O8/c1-25(2)17-14-18-26(3)19-15-20-27(4)21-16-23-38(13,42)24-22-30-31(39)33(44-35(41)46-37(10,11)12)29(6)28(5)32(30)43-34(40)45-36(7,8)9/h17,19,21,39,42H,14-16,18,20,22-24H2,1-13H3. The Hall–Kier alpha value is -3.26. The Kier molecular flexibility index (Phi) is 15.6. The van der Waals surface area contributed by atoms with Crippen molar-refractivity contribution in [2.45, 2.75) is 158 Å². The molecule has 260 valence electrons. The number of aromatic hydroxyl groups is 1. The molecular formula is C38H60O8. The lowest BCUT2D eigenvalue weighted by Crippen LogP contribution is -2.27. The van der Waals surface area contributed by atoms with Crippen molar-refractivity contribution in [2.24, 2.45) is 0 Å². The van der Waals surface area contributed by atoms with E-state index in [0.29, 0.717) is 24.0 Å². The number of benzene rings is 1. The van der Waals surface area contributed by atoms with Crippen LogP contribution in [0.5, 0.6) is 17.2 Å². The minimum absolute atomic E-state index is 0.0854. The van der Waals surface area contributed by atoms with Crippen molar-refractivity contribution in [3.8, 4) is 17.2 Å². The molecule has 8 heteroatoms. The minimum Gasteiger partial charge on any atom is -0.504 e. The number of hydrogen-bond acceptors (Lipinski definition) is 8. The second-order valence-corrected chi connectivity index (χ2v) is 14.9. The number of allylic oxidation sites excluding steroid dienone is 6. The SMILES string of the molecule is CC(C)=CCCC(C)=CCCC(C)=CCCC(C)(O)CCc1c(O)c(OC(=O)OC(C)(C)C)c(C)c(C)c1OC(=O)OC(C)(C)C. The molecule has 1 unspecified atom stereocenters. The zero-order valence-corrected chi connectivity index (χ0v) is 30.7. The highest BCUT2D eigenvalue weighted by Gasteiger charge is 2.30. The molecule has 1 rings (SSSR count). The van der Waals surface area contributed by atoms with Gasteiger partial charge in [-0.25, -0.2) is 9.59 Å². The Morgan fingerprint density at radius 2 is 1.11 bits per heavy atom. The van der Waals surface area contributed by atoms with E-state index in [2.05, 4.69) is 45.9 Å². The first-order chi connectivity index (χ1) is 21.0. The molecule has 0 saturated heterocycles. The summed E-state index contributed by atoms with van der Waals surface area (Å²) < 4.78 is 21.7. The number of carbonyl (C=O) groups is 2. The Morgan fingerprint density at radius 1 is 0.674 bits per heavy atom. The lowest BCUT2D eigenvalue weighted by molar-refractivity contribution is 0.0175. The second-order valence-electron chi connectivity index (χ2n) is 14.9. The maximum Gasteiger partial charge on any atom is 0.514 e. The molecule has 1 atom stereocenters. The van der Waals surface area contributed by atoms with E-state index in [1.54, 1.807) is 62.3 Å². The van der Waals surface area contributed by atoms with Crippen molar-refractivity contribution in [3.05, 3.63) is 51.6 Å². The first-order valence-corrected chi connectivity index (χ1v) is 16.3. The summed E-state index contributed by atoms with van der Waals surface area (Å²) >= 11 is 0. The van der Waals surface area contributed by atoms with Gasteiger partial charge >= 0.3 is 12.3 Å². The number of rotatable bonds is 14. The molecular weight excluding hydrogens is 584 g/mol. The van der Waals surface area contributed by atoms with Gasteiger partial charge in [-0.2, -0.15) is 0 Å². The van der Waals surface area contributed by atoms with Gasteiger partial charge in [-0.1, -0.05) is 34.9 Å². The first-order valence-electron chi connectivity index (χ1n) is 16.3. The van der Waals surface area contributed by atoms with Gasteiger partial charge in [-0.3, -0.25) is 0 Å². The van der Waals surface area contributed by atoms with Gasteiger partial charge in [0.25, 0.3) is 0 Å². The van der Waals surface area contributed by atoms with Crippen LogP contribution >= 0.6 is 0 Å². The third-order valence-corrected chi connectivity index (χ3v) is 7.38. The highest BCUT2D eigenvalue weighted by Crippen LogP contribution is 2.45. The number of phenolic OH excluding ortho intramolecular Hbond substituents is 1. The van der Waals surface area contributed by atoms with Crippen LogP contribution in [0.25, 0.3) is 0 Å². The molecule has 0 aliphatic heterocycles. The largest absolute Gasteiger partial charge is 0.514 e. The van der Waals surface area contributed by atoms with E-state index in [1.165, 1.54) is 16.7 Å². The van der Waals surface area contributed by atoms with E-state index < -0.39 is 29.1 Å². The monoisotopic (exact) mass is 644 g/mol. The summed E-state index contributed by atoms with van der Waals surface area (Å²) in [7, 11) is 0. The molecule has 0 heterocycles. The highest BCUT2D eigenvalue weighted by molar-refractivity contribution is 5.73. The normalized spacial score (nSPS) is 14.0. The van der Waals surface area contributed by atoms with E-state index in [1.807, 2.05) is 0 Å². The van der Waals surface area contributed by atoms with Crippen LogP contribution in [-0.2, 0) is 15.9 Å². The quantitative estimate of drug-likeness (QED) is 0.117. The molecule has 8 nitrogen and oxygen atoms in total. The third kappa shape index (κ3) is 15.8. The van der Waals surface area contributed by atoms with Gasteiger partial charge in [0.05, 0.1) is 5.60 Å². The van der Waals surface area contributed by atoms with E-state index in [9.17, 15) is 19.8 Å². The molecule has 46 heavy (non-hydrogen) atoms. The average molecular weight is 645 g/mol. The van der Waals surface area contributed by atoms with Crippen molar-refractivity contribution in [3.63, 3.8) is 0 Å². The van der Waals surface area contributed by atoms with Crippen LogP contribution in [0.4, 0.5) is 9.59 Å². The summed E-state index contributed by atoms with van der Waals surface area (Å²) in [5, 5.41) is 22.6. The molecule has 2 N–H and O–H groups in total. The van der Waals surface area contributed by atoms with Crippen molar-refractivity contribution < 1.29 is 38.7 Å². The zero-order chi connectivity index (χ0) is 35.5. The van der Waals surface area contributed by atoms with E-state index >= 15 is 0 Å². The van der Waals surface area contributed by atoms with Gasteiger partial charge in [-0.15, -0.1) is 0 Å². The predicted molar refractivity (Wildman–Crippen MR) is 185 cm³/mol. The Labute approximate surface area is 277 Å². The molecule has 0 bridgehead atoms. The van der Waals surface area contributed by atoms with E-state index in [4.69, 9.17) is 18.9 Å². The van der Waals surface area contributed by atoms with Crippen molar-refractivity contribution in [1.82, 2.24) is 0 Å². The number of hydrogen-bond donors (Lipinski definition) is 2. The molecule has 1 aromatic carbocycles. The van der Waals surface area contributed by atoms with Crippen LogP contribution in [0.15, 0.2) is 34.9 Å². The number of phenols is 1. The van der Waals surface area contributed by atoms with Crippen LogP contribution in [-0.4, -0.2) is 39.3 Å². The molecule has 0 fully saturated rings. The third-order valence-electron chi connectivity index (χ3n) is 7.38. The summed E-state index contributed by atoms with van der Waals surface area (Å²) in [6, 6.07) is 0. The van der Waals surface area contributed by atoms with Gasteiger partial charge in [0.15, 0.2) is 11.5 Å². The fourth-order valence-electron chi connectivity index (χ4n) is 4.68. The summed E-state index contributed by atoms with van der Waals surface area (Å²) in [6.07, 6.45) is 10.5. The minimum atomic E-state index is -1.08. The fraction of sp³-hybridized carbons (Fsp3) is 0.632. The Balaban J connectivity index is 3.11. The maximum atomic E-state index is 12.7. The van der Waals surface area contributed by atoms with Gasteiger partial charge < -0.3 is 29.2 Å². The molecule has 0 aliphatic carbocycles. The molecule has 0 aliphatic rings. The summed E-state index contributed by atoms with van der Waals surface area (Å²) in [5.41, 5.74) is 2.45. The van der Waals surface area contributed by atoms with Crippen LogP contribution in [0.3, 0.4) is 0 Å². The number of ether oxygens (including phenoxy) is 4. The van der Waals surface area contributed by atoms with Crippen LogP contribution in [0, 0.1) is 13.8 Å². The summed E-state index contributed by atoms with van der Waals surface area (Å²) in [4.78, 5) is 25.2. The predicted octanol–water partition coefficient (Wildman–Crippen LogP) is 10.5. The lowest BCUT2D eigenvalue weighted by atomic mass is 9.89. The molecule has 1 aromatic rings. The topological polar surface area (TPSA) is 112 Å². The highest BCUT2D eigenvalue weighted by atomic mass is 16.7. The fourth-order valence-corrected chi connectivity index (χ4v) is 4.68. The second kappa shape index (κ2) is 17.6. The van der Waals surface area contributed by atoms with Crippen molar-refractivity contribution >= 4 is 12.3 Å². The van der Waals surface area contributed by atoms with E-state index in [-0.39, 0.29) is 35.7 Å². The molecule has 0 amide bonds.